The topological polar surface area (TPSA) is 76.4 Å². The van der Waals surface area contributed by atoms with E-state index in [0.29, 0.717) is 30.9 Å². The summed E-state index contributed by atoms with van der Waals surface area (Å²) in [6.45, 7) is 2.70. The number of halogens is 1. The Hall–Kier alpha value is -1.98. The van der Waals surface area contributed by atoms with Crippen molar-refractivity contribution in [1.29, 1.82) is 0 Å². The Morgan fingerprint density at radius 3 is 3.00 bits per heavy atom. The predicted octanol–water partition coefficient (Wildman–Crippen LogP) is 1.11. The van der Waals surface area contributed by atoms with E-state index < -0.39 is 5.82 Å². The van der Waals surface area contributed by atoms with Gasteiger partial charge in [0.2, 0.25) is 5.91 Å². The van der Waals surface area contributed by atoms with Gasteiger partial charge in [-0.25, -0.2) is 4.39 Å². The molecule has 2 rings (SSSR count). The normalized spacial score (nSPS) is 18.6. The van der Waals surface area contributed by atoms with E-state index in [1.165, 1.54) is 12.1 Å². The van der Waals surface area contributed by atoms with Gasteiger partial charge in [0.15, 0.2) is 11.6 Å². The number of hydrogen-bond acceptors (Lipinski definition) is 4. The van der Waals surface area contributed by atoms with Crippen molar-refractivity contribution >= 4 is 17.3 Å². The molecule has 1 aromatic rings. The number of nitrogens with one attached hydrogen (secondary N) is 2. The van der Waals surface area contributed by atoms with Crippen LogP contribution in [-0.2, 0) is 4.79 Å². The van der Waals surface area contributed by atoms with Gasteiger partial charge in [0.25, 0.3) is 0 Å². The van der Waals surface area contributed by atoms with Crippen molar-refractivity contribution in [3.63, 3.8) is 0 Å². The third kappa shape index (κ3) is 2.64. The standard InChI is InChI=1S/C12H16FN3O2/c1-2-18-11-5-10(9(14)4-8(11)13)16-7-3-12(17)15-6-7/h4-5,7,16H,2-3,6,14H2,1H3,(H,15,17). The van der Waals surface area contributed by atoms with Gasteiger partial charge in [-0.15, -0.1) is 0 Å². The molecule has 0 spiro atoms. The predicted molar refractivity (Wildman–Crippen MR) is 67.0 cm³/mol. The van der Waals surface area contributed by atoms with E-state index in [1.807, 2.05) is 0 Å². The summed E-state index contributed by atoms with van der Waals surface area (Å²) in [5.41, 5.74) is 6.62. The van der Waals surface area contributed by atoms with Crippen LogP contribution in [0.15, 0.2) is 12.1 Å². The first kappa shape index (κ1) is 12.5. The molecule has 0 aromatic heterocycles. The molecular formula is C12H16FN3O2. The second kappa shape index (κ2) is 5.12. The van der Waals surface area contributed by atoms with E-state index in [9.17, 15) is 9.18 Å². The van der Waals surface area contributed by atoms with Crippen LogP contribution >= 0.6 is 0 Å². The molecule has 18 heavy (non-hydrogen) atoms. The quantitative estimate of drug-likeness (QED) is 0.702. The third-order valence-corrected chi connectivity index (χ3v) is 2.74. The van der Waals surface area contributed by atoms with E-state index in [-0.39, 0.29) is 17.7 Å². The molecule has 98 valence electrons. The lowest BCUT2D eigenvalue weighted by Crippen LogP contribution is -2.23. The summed E-state index contributed by atoms with van der Waals surface area (Å²) >= 11 is 0. The summed E-state index contributed by atoms with van der Waals surface area (Å²) in [5.74, 6) is -0.328. The molecule has 0 aliphatic carbocycles. The van der Waals surface area contributed by atoms with Gasteiger partial charge in [0.1, 0.15) is 0 Å². The molecule has 1 atom stereocenters. The van der Waals surface area contributed by atoms with E-state index in [2.05, 4.69) is 10.6 Å². The minimum atomic E-state index is -0.486. The number of hydrogen-bond donors (Lipinski definition) is 3. The second-order valence-electron chi connectivity index (χ2n) is 4.15. The average Bonchev–Trinajstić information content (AvgIpc) is 2.71. The molecule has 6 heteroatoms. The molecular weight excluding hydrogens is 237 g/mol. The first-order chi connectivity index (χ1) is 8.60. The first-order valence-corrected chi connectivity index (χ1v) is 5.85. The van der Waals surface area contributed by atoms with Gasteiger partial charge in [0, 0.05) is 25.1 Å². The summed E-state index contributed by atoms with van der Waals surface area (Å²) in [7, 11) is 0. The van der Waals surface area contributed by atoms with Gasteiger partial charge in [-0.3, -0.25) is 4.79 Å². The fraction of sp³-hybridized carbons (Fsp3) is 0.417. The van der Waals surface area contributed by atoms with Gasteiger partial charge >= 0.3 is 0 Å². The van der Waals surface area contributed by atoms with Crippen molar-refractivity contribution in [2.75, 3.05) is 24.2 Å². The van der Waals surface area contributed by atoms with Crippen molar-refractivity contribution in [2.45, 2.75) is 19.4 Å². The van der Waals surface area contributed by atoms with Gasteiger partial charge < -0.3 is 21.1 Å². The zero-order valence-corrected chi connectivity index (χ0v) is 10.1. The summed E-state index contributed by atoms with van der Waals surface area (Å²) in [6, 6.07) is 2.72. The van der Waals surface area contributed by atoms with Crippen LogP contribution in [0.4, 0.5) is 15.8 Å². The van der Waals surface area contributed by atoms with Crippen molar-refractivity contribution in [3.8, 4) is 5.75 Å². The molecule has 1 fully saturated rings. The largest absolute Gasteiger partial charge is 0.491 e. The highest BCUT2D eigenvalue weighted by Crippen LogP contribution is 2.29. The number of benzene rings is 1. The van der Waals surface area contributed by atoms with Crippen molar-refractivity contribution in [2.24, 2.45) is 0 Å². The van der Waals surface area contributed by atoms with Crippen molar-refractivity contribution < 1.29 is 13.9 Å². The smallest absolute Gasteiger partial charge is 0.222 e. The average molecular weight is 253 g/mol. The molecule has 1 saturated heterocycles. The molecule has 0 radical (unpaired) electrons. The van der Waals surface area contributed by atoms with Gasteiger partial charge in [-0.05, 0) is 6.92 Å². The van der Waals surface area contributed by atoms with Crippen LogP contribution in [0.5, 0.6) is 5.75 Å². The molecule has 4 N–H and O–H groups in total. The fourth-order valence-electron chi connectivity index (χ4n) is 1.89. The number of carbonyl (C=O) groups is 1. The van der Waals surface area contributed by atoms with Crippen LogP contribution in [-0.4, -0.2) is 25.1 Å². The zero-order chi connectivity index (χ0) is 13.1. The number of nitrogens with two attached hydrogens (primary N) is 1. The Balaban J connectivity index is 2.16. The number of rotatable bonds is 4. The van der Waals surface area contributed by atoms with Crippen LogP contribution in [0.3, 0.4) is 0 Å². The molecule has 1 unspecified atom stereocenters. The Kier molecular flexibility index (Phi) is 3.55. The third-order valence-electron chi connectivity index (χ3n) is 2.74. The molecule has 1 amide bonds. The zero-order valence-electron chi connectivity index (χ0n) is 10.1. The Morgan fingerprint density at radius 2 is 2.39 bits per heavy atom. The number of nitrogen functional groups attached to an aromatic ring is 1. The highest BCUT2D eigenvalue weighted by atomic mass is 19.1. The van der Waals surface area contributed by atoms with Gasteiger partial charge in [-0.2, -0.15) is 0 Å². The van der Waals surface area contributed by atoms with E-state index in [4.69, 9.17) is 10.5 Å². The monoisotopic (exact) mass is 253 g/mol. The van der Waals surface area contributed by atoms with Crippen LogP contribution in [0, 0.1) is 5.82 Å². The van der Waals surface area contributed by atoms with Crippen LogP contribution < -0.4 is 21.1 Å². The number of amides is 1. The summed E-state index contributed by atoms with van der Waals surface area (Å²) in [5, 5.41) is 5.82. The Labute approximate surface area is 104 Å². The van der Waals surface area contributed by atoms with Crippen LogP contribution in [0.1, 0.15) is 13.3 Å². The SMILES string of the molecule is CCOc1cc(NC2CNC(=O)C2)c(N)cc1F. The Morgan fingerprint density at radius 1 is 1.61 bits per heavy atom. The van der Waals surface area contributed by atoms with E-state index in [1.54, 1.807) is 6.92 Å². The first-order valence-electron chi connectivity index (χ1n) is 5.85. The maximum atomic E-state index is 13.5. The lowest BCUT2D eigenvalue weighted by Gasteiger charge is -2.16. The molecule has 1 heterocycles. The van der Waals surface area contributed by atoms with Gasteiger partial charge in [0.05, 0.1) is 24.0 Å². The maximum Gasteiger partial charge on any atom is 0.222 e. The molecule has 1 aromatic carbocycles. The molecule has 1 aliphatic rings. The summed E-state index contributed by atoms with van der Waals surface area (Å²) in [4.78, 5) is 11.1. The van der Waals surface area contributed by atoms with Gasteiger partial charge in [-0.1, -0.05) is 0 Å². The van der Waals surface area contributed by atoms with Crippen molar-refractivity contribution in [1.82, 2.24) is 5.32 Å². The number of anilines is 2. The maximum absolute atomic E-state index is 13.5. The fourth-order valence-corrected chi connectivity index (χ4v) is 1.89. The number of carbonyl (C=O) groups excluding carboxylic acids is 1. The number of ether oxygens (including phenoxy) is 1. The summed E-state index contributed by atoms with van der Waals surface area (Å²) in [6.07, 6.45) is 0.390. The van der Waals surface area contributed by atoms with E-state index >= 15 is 0 Å². The highest BCUT2D eigenvalue weighted by molar-refractivity contribution is 5.80. The molecule has 5 nitrogen and oxygen atoms in total. The minimum absolute atomic E-state index is 0.00165. The minimum Gasteiger partial charge on any atom is -0.491 e. The molecule has 0 bridgehead atoms. The van der Waals surface area contributed by atoms with Crippen LogP contribution in [0.2, 0.25) is 0 Å². The lowest BCUT2D eigenvalue weighted by atomic mass is 10.2. The molecule has 0 saturated carbocycles. The van der Waals surface area contributed by atoms with Crippen molar-refractivity contribution in [3.05, 3.63) is 17.9 Å². The summed E-state index contributed by atoms with van der Waals surface area (Å²) < 4.78 is 18.7. The van der Waals surface area contributed by atoms with Crippen LogP contribution in [0.25, 0.3) is 0 Å². The Bertz CT molecular complexity index is 465. The molecule has 1 aliphatic heterocycles. The van der Waals surface area contributed by atoms with E-state index in [0.717, 1.165) is 0 Å². The lowest BCUT2D eigenvalue weighted by molar-refractivity contribution is -0.119. The second-order valence-corrected chi connectivity index (χ2v) is 4.15. The highest BCUT2D eigenvalue weighted by Gasteiger charge is 2.22.